The highest BCUT2D eigenvalue weighted by molar-refractivity contribution is 8.01. The summed E-state index contributed by atoms with van der Waals surface area (Å²) in [5, 5.41) is 19.7. The van der Waals surface area contributed by atoms with Gasteiger partial charge < -0.3 is 4.74 Å². The van der Waals surface area contributed by atoms with E-state index in [2.05, 4.69) is 17.5 Å². The standard InChI is InChI=1S/C19H16N2OS/c1-22-12-19(18-8-6-16(11-21)7-9-18)14-23-13-17-4-2-15(10-20)3-5-17/h2-9,14H,12-13H2,1H3/b19-14-. The summed E-state index contributed by atoms with van der Waals surface area (Å²) in [7, 11) is 1.67. The zero-order valence-corrected chi connectivity index (χ0v) is 13.6. The molecule has 23 heavy (non-hydrogen) atoms. The van der Waals surface area contributed by atoms with Gasteiger partial charge in [-0.3, -0.25) is 0 Å². The van der Waals surface area contributed by atoms with Gasteiger partial charge in [-0.1, -0.05) is 24.3 Å². The Balaban J connectivity index is 2.05. The van der Waals surface area contributed by atoms with Crippen LogP contribution in [0.5, 0.6) is 0 Å². The van der Waals surface area contributed by atoms with E-state index in [4.69, 9.17) is 15.3 Å². The molecule has 0 atom stereocenters. The average Bonchev–Trinajstić information content (AvgIpc) is 2.61. The van der Waals surface area contributed by atoms with Gasteiger partial charge in [0.05, 0.1) is 29.9 Å². The second kappa shape index (κ2) is 8.80. The highest BCUT2D eigenvalue weighted by atomic mass is 32.2. The molecule has 2 aromatic rings. The third-order valence-corrected chi connectivity index (χ3v) is 4.19. The predicted molar refractivity (Wildman–Crippen MR) is 93.5 cm³/mol. The third-order valence-electron chi connectivity index (χ3n) is 3.24. The maximum Gasteiger partial charge on any atom is 0.0991 e. The van der Waals surface area contributed by atoms with Crippen molar-refractivity contribution in [1.29, 1.82) is 10.5 Å². The van der Waals surface area contributed by atoms with Crippen molar-refractivity contribution in [2.24, 2.45) is 0 Å². The third kappa shape index (κ3) is 5.00. The lowest BCUT2D eigenvalue weighted by Crippen LogP contribution is -1.94. The molecule has 114 valence electrons. The van der Waals surface area contributed by atoms with E-state index in [1.807, 2.05) is 48.5 Å². The zero-order chi connectivity index (χ0) is 16.5. The van der Waals surface area contributed by atoms with Crippen molar-refractivity contribution in [2.75, 3.05) is 13.7 Å². The summed E-state index contributed by atoms with van der Waals surface area (Å²) < 4.78 is 5.27. The molecule has 0 saturated heterocycles. The monoisotopic (exact) mass is 320 g/mol. The first kappa shape index (κ1) is 16.8. The quantitative estimate of drug-likeness (QED) is 0.794. The smallest absolute Gasteiger partial charge is 0.0991 e. The maximum atomic E-state index is 8.86. The SMILES string of the molecule is COC/C(=C/SCc1ccc(C#N)cc1)c1ccc(C#N)cc1. The largest absolute Gasteiger partial charge is 0.380 e. The molecule has 0 aliphatic carbocycles. The van der Waals surface area contributed by atoms with Crippen LogP contribution in [0.3, 0.4) is 0 Å². The van der Waals surface area contributed by atoms with Crippen LogP contribution in [0.2, 0.25) is 0 Å². The molecule has 0 aromatic heterocycles. The Hall–Kier alpha value is -2.53. The van der Waals surface area contributed by atoms with E-state index in [9.17, 15) is 0 Å². The summed E-state index contributed by atoms with van der Waals surface area (Å²) in [6.45, 7) is 0.520. The molecule has 0 saturated carbocycles. The van der Waals surface area contributed by atoms with Crippen LogP contribution in [0.4, 0.5) is 0 Å². The van der Waals surface area contributed by atoms with Crippen molar-refractivity contribution >= 4 is 17.3 Å². The van der Waals surface area contributed by atoms with Gasteiger partial charge in [0.2, 0.25) is 0 Å². The fourth-order valence-corrected chi connectivity index (χ4v) is 2.89. The van der Waals surface area contributed by atoms with Crippen LogP contribution < -0.4 is 0 Å². The minimum Gasteiger partial charge on any atom is -0.380 e. The minimum atomic E-state index is 0.520. The van der Waals surface area contributed by atoms with Gasteiger partial charge in [-0.15, -0.1) is 11.8 Å². The maximum absolute atomic E-state index is 8.86. The summed E-state index contributed by atoms with van der Waals surface area (Å²) in [4.78, 5) is 0. The highest BCUT2D eigenvalue weighted by Crippen LogP contribution is 2.22. The molecule has 4 heteroatoms. The second-order valence-electron chi connectivity index (χ2n) is 4.88. The summed E-state index contributed by atoms with van der Waals surface area (Å²) in [5.74, 6) is 0.829. The van der Waals surface area contributed by atoms with Gasteiger partial charge in [0.1, 0.15) is 0 Å². The molecule has 0 N–H and O–H groups in total. The van der Waals surface area contributed by atoms with Crippen molar-refractivity contribution in [3.8, 4) is 12.1 Å². The summed E-state index contributed by atoms with van der Waals surface area (Å²) >= 11 is 1.68. The van der Waals surface area contributed by atoms with E-state index in [1.165, 1.54) is 5.56 Å². The summed E-state index contributed by atoms with van der Waals surface area (Å²) in [6.07, 6.45) is 0. The highest BCUT2D eigenvalue weighted by Gasteiger charge is 2.02. The molecule has 2 rings (SSSR count). The molecule has 0 aliphatic heterocycles. The topological polar surface area (TPSA) is 56.8 Å². The fraction of sp³-hybridized carbons (Fsp3) is 0.158. The van der Waals surface area contributed by atoms with Crippen LogP contribution in [-0.2, 0) is 10.5 Å². The van der Waals surface area contributed by atoms with Crippen LogP contribution in [0.1, 0.15) is 22.3 Å². The van der Waals surface area contributed by atoms with Gasteiger partial charge >= 0.3 is 0 Å². The lowest BCUT2D eigenvalue weighted by molar-refractivity contribution is 0.240. The van der Waals surface area contributed by atoms with Crippen molar-refractivity contribution in [3.05, 3.63) is 76.2 Å². The number of ether oxygens (including phenoxy) is 1. The van der Waals surface area contributed by atoms with Crippen LogP contribution >= 0.6 is 11.8 Å². The number of thioether (sulfide) groups is 1. The van der Waals surface area contributed by atoms with E-state index in [0.29, 0.717) is 17.7 Å². The molecule has 0 unspecified atom stereocenters. The normalized spacial score (nSPS) is 10.8. The Kier molecular flexibility index (Phi) is 6.44. The average molecular weight is 320 g/mol. The summed E-state index contributed by atoms with van der Waals surface area (Å²) in [6, 6.07) is 19.3. The first-order valence-corrected chi connectivity index (χ1v) is 8.11. The van der Waals surface area contributed by atoms with E-state index in [-0.39, 0.29) is 0 Å². The molecule has 0 fully saturated rings. The molecular formula is C19H16N2OS. The van der Waals surface area contributed by atoms with E-state index < -0.39 is 0 Å². The zero-order valence-electron chi connectivity index (χ0n) is 12.8. The lowest BCUT2D eigenvalue weighted by Gasteiger charge is -2.07. The van der Waals surface area contributed by atoms with Gasteiger partial charge in [-0.25, -0.2) is 0 Å². The number of hydrogen-bond acceptors (Lipinski definition) is 4. The van der Waals surface area contributed by atoms with Crippen LogP contribution in [0, 0.1) is 22.7 Å². The van der Waals surface area contributed by atoms with Crippen molar-refractivity contribution < 1.29 is 4.74 Å². The van der Waals surface area contributed by atoms with Gasteiger partial charge in [0.25, 0.3) is 0 Å². The minimum absolute atomic E-state index is 0.520. The number of methoxy groups -OCH3 is 1. The van der Waals surface area contributed by atoms with Crippen LogP contribution in [0.25, 0.3) is 5.57 Å². The van der Waals surface area contributed by atoms with Gasteiger partial charge in [0.15, 0.2) is 0 Å². The van der Waals surface area contributed by atoms with Gasteiger partial charge in [-0.05, 0) is 46.4 Å². The molecule has 0 heterocycles. The first-order chi connectivity index (χ1) is 11.3. The van der Waals surface area contributed by atoms with Crippen LogP contribution in [0.15, 0.2) is 53.9 Å². The van der Waals surface area contributed by atoms with Crippen molar-refractivity contribution in [1.82, 2.24) is 0 Å². The Morgan fingerprint density at radius 3 is 2.09 bits per heavy atom. The number of hydrogen-bond donors (Lipinski definition) is 0. The van der Waals surface area contributed by atoms with E-state index >= 15 is 0 Å². The molecule has 0 aliphatic rings. The molecular weight excluding hydrogens is 304 g/mol. The lowest BCUT2D eigenvalue weighted by atomic mass is 10.1. The van der Waals surface area contributed by atoms with Crippen molar-refractivity contribution in [2.45, 2.75) is 5.75 Å². The molecule has 0 radical (unpaired) electrons. The van der Waals surface area contributed by atoms with Crippen molar-refractivity contribution in [3.63, 3.8) is 0 Å². The Morgan fingerprint density at radius 1 is 1.00 bits per heavy atom. The van der Waals surface area contributed by atoms with E-state index in [1.54, 1.807) is 18.9 Å². The molecule has 3 nitrogen and oxygen atoms in total. The Labute approximate surface area is 140 Å². The number of benzene rings is 2. The fourth-order valence-electron chi connectivity index (χ4n) is 2.01. The number of nitrogens with zero attached hydrogens (tertiary/aromatic N) is 2. The second-order valence-corrected chi connectivity index (χ2v) is 5.74. The predicted octanol–water partition coefficient (Wildman–Crippen LogP) is 4.35. The van der Waals surface area contributed by atoms with Gasteiger partial charge in [-0.2, -0.15) is 10.5 Å². The number of nitriles is 2. The van der Waals surface area contributed by atoms with Gasteiger partial charge in [0, 0.05) is 12.9 Å². The first-order valence-electron chi connectivity index (χ1n) is 7.06. The molecule has 0 spiro atoms. The molecule has 2 aromatic carbocycles. The Bertz CT molecular complexity index is 750. The summed E-state index contributed by atoms with van der Waals surface area (Å²) in [5.41, 5.74) is 4.62. The van der Waals surface area contributed by atoms with E-state index in [0.717, 1.165) is 16.9 Å². The van der Waals surface area contributed by atoms with Crippen LogP contribution in [-0.4, -0.2) is 13.7 Å². The molecule has 0 bridgehead atoms. The number of rotatable bonds is 6. The Morgan fingerprint density at radius 2 is 1.57 bits per heavy atom. The molecule has 0 amide bonds.